The Morgan fingerprint density at radius 1 is 0.867 bits per heavy atom. The molecule has 4 aromatic rings. The maximum absolute atomic E-state index is 13.0. The Labute approximate surface area is 176 Å². The van der Waals surface area contributed by atoms with Gasteiger partial charge in [-0.2, -0.15) is 0 Å². The summed E-state index contributed by atoms with van der Waals surface area (Å²) in [5.41, 5.74) is 6.94. The molecule has 5 nitrogen and oxygen atoms in total. The Hall–Kier alpha value is -3.73. The van der Waals surface area contributed by atoms with Gasteiger partial charge in [-0.1, -0.05) is 54.1 Å². The number of nitrogens with zero attached hydrogens (tertiary/aromatic N) is 3. The smallest absolute Gasteiger partial charge is 0.295 e. The summed E-state index contributed by atoms with van der Waals surface area (Å²) < 4.78 is 1.77. The number of benzene rings is 3. The van der Waals surface area contributed by atoms with Gasteiger partial charge in [-0.15, -0.1) is 5.10 Å². The van der Waals surface area contributed by atoms with Crippen LogP contribution >= 0.6 is 0 Å². The third kappa shape index (κ3) is 3.74. The fraction of sp³-hybridized carbons (Fsp3) is 0.160. The average molecular weight is 396 g/mol. The van der Waals surface area contributed by atoms with E-state index in [-0.39, 0.29) is 11.7 Å². The zero-order valence-electron chi connectivity index (χ0n) is 17.6. The molecule has 5 heteroatoms. The van der Waals surface area contributed by atoms with Gasteiger partial charge in [-0.25, -0.2) is 9.67 Å². The zero-order chi connectivity index (χ0) is 21.3. The molecule has 30 heavy (non-hydrogen) atoms. The van der Waals surface area contributed by atoms with Crippen molar-refractivity contribution in [3.05, 3.63) is 94.8 Å². The lowest BCUT2D eigenvalue weighted by atomic mass is 10.1. The summed E-state index contributed by atoms with van der Waals surface area (Å²) in [4.78, 5) is 17.6. The van der Waals surface area contributed by atoms with E-state index < -0.39 is 0 Å². The van der Waals surface area contributed by atoms with Crippen molar-refractivity contribution in [2.24, 2.45) is 0 Å². The van der Waals surface area contributed by atoms with Crippen molar-refractivity contribution in [2.75, 3.05) is 5.32 Å². The molecule has 3 aromatic carbocycles. The molecule has 0 spiro atoms. The van der Waals surface area contributed by atoms with Crippen LogP contribution in [0.15, 0.2) is 66.7 Å². The number of nitrogens with one attached hydrogen (secondary N) is 1. The molecule has 0 aliphatic rings. The standard InChI is InChI=1S/C25H24N4O/c1-16-9-7-12-20(15-16)24-27-23(25(30)26-21-13-6-5-10-18(21)3)28-29(24)22-14-8-11-17(2)19(22)4/h5-15H,1-4H3,(H,26,30). The Bertz CT molecular complexity index is 1240. The molecule has 0 aliphatic carbocycles. The monoisotopic (exact) mass is 396 g/mol. The largest absolute Gasteiger partial charge is 0.319 e. The summed E-state index contributed by atoms with van der Waals surface area (Å²) in [5, 5.41) is 7.54. The Morgan fingerprint density at radius 3 is 2.37 bits per heavy atom. The minimum atomic E-state index is -0.331. The SMILES string of the molecule is Cc1cccc(-c2nc(C(=O)Nc3ccccc3C)nn2-c2cccc(C)c2C)c1. The maximum atomic E-state index is 13.0. The molecule has 0 fully saturated rings. The molecule has 0 atom stereocenters. The highest BCUT2D eigenvalue weighted by molar-refractivity contribution is 6.02. The van der Waals surface area contributed by atoms with E-state index in [1.165, 1.54) is 0 Å². The van der Waals surface area contributed by atoms with E-state index in [9.17, 15) is 4.79 Å². The van der Waals surface area contributed by atoms with Crippen LogP contribution in [0.4, 0.5) is 5.69 Å². The molecular weight excluding hydrogens is 372 g/mol. The van der Waals surface area contributed by atoms with E-state index in [0.29, 0.717) is 5.82 Å². The first kappa shape index (κ1) is 19.6. The summed E-state index contributed by atoms with van der Waals surface area (Å²) in [6.07, 6.45) is 0. The fourth-order valence-corrected chi connectivity index (χ4v) is 3.40. The molecule has 1 heterocycles. The molecule has 0 saturated carbocycles. The van der Waals surface area contributed by atoms with Gasteiger partial charge in [0.25, 0.3) is 5.91 Å². The van der Waals surface area contributed by atoms with Crippen LogP contribution < -0.4 is 5.32 Å². The third-order valence-electron chi connectivity index (χ3n) is 5.28. The second-order valence-electron chi connectivity index (χ2n) is 7.53. The molecule has 0 bridgehead atoms. The van der Waals surface area contributed by atoms with Gasteiger partial charge in [0.15, 0.2) is 5.82 Å². The molecule has 4 rings (SSSR count). The Balaban J connectivity index is 1.83. The number of carbonyl (C=O) groups excluding carboxylic acids is 1. The van der Waals surface area contributed by atoms with Crippen LogP contribution in [0.1, 0.15) is 32.9 Å². The van der Waals surface area contributed by atoms with Crippen molar-refractivity contribution in [1.82, 2.24) is 14.8 Å². The predicted molar refractivity (Wildman–Crippen MR) is 120 cm³/mol. The van der Waals surface area contributed by atoms with Gasteiger partial charge < -0.3 is 5.32 Å². The van der Waals surface area contributed by atoms with E-state index in [1.807, 2.05) is 68.4 Å². The number of rotatable bonds is 4. The first-order valence-electron chi connectivity index (χ1n) is 9.91. The lowest BCUT2D eigenvalue weighted by molar-refractivity contribution is 0.101. The molecule has 0 unspecified atom stereocenters. The topological polar surface area (TPSA) is 59.8 Å². The Morgan fingerprint density at radius 2 is 1.60 bits per heavy atom. The molecule has 1 amide bonds. The molecule has 1 N–H and O–H groups in total. The third-order valence-corrected chi connectivity index (χ3v) is 5.28. The second-order valence-corrected chi connectivity index (χ2v) is 7.53. The van der Waals surface area contributed by atoms with Crippen LogP contribution in [0.25, 0.3) is 17.1 Å². The van der Waals surface area contributed by atoms with Gasteiger partial charge in [0.2, 0.25) is 5.82 Å². The van der Waals surface area contributed by atoms with Gasteiger partial charge in [0.1, 0.15) is 0 Å². The van der Waals surface area contributed by atoms with Crippen molar-refractivity contribution in [3.63, 3.8) is 0 Å². The van der Waals surface area contributed by atoms with Crippen LogP contribution in [0.3, 0.4) is 0 Å². The minimum Gasteiger partial charge on any atom is -0.319 e. The van der Waals surface area contributed by atoms with E-state index in [4.69, 9.17) is 0 Å². The van der Waals surface area contributed by atoms with Crippen molar-refractivity contribution in [1.29, 1.82) is 0 Å². The van der Waals surface area contributed by atoms with Gasteiger partial charge in [0, 0.05) is 11.3 Å². The highest BCUT2D eigenvalue weighted by Crippen LogP contribution is 2.25. The number of aryl methyl sites for hydroxylation is 3. The summed E-state index contributed by atoms with van der Waals surface area (Å²) in [5.74, 6) is 0.445. The number of amides is 1. The number of aromatic nitrogens is 3. The highest BCUT2D eigenvalue weighted by Gasteiger charge is 2.20. The lowest BCUT2D eigenvalue weighted by Crippen LogP contribution is -2.15. The average Bonchev–Trinajstić information content (AvgIpc) is 3.17. The number of hydrogen-bond donors (Lipinski definition) is 1. The van der Waals surface area contributed by atoms with Crippen molar-refractivity contribution in [3.8, 4) is 17.1 Å². The van der Waals surface area contributed by atoms with E-state index >= 15 is 0 Å². The molecule has 1 aromatic heterocycles. The maximum Gasteiger partial charge on any atom is 0.295 e. The number of anilines is 1. The Kier molecular flexibility index (Phi) is 5.19. The lowest BCUT2D eigenvalue weighted by Gasteiger charge is -2.11. The van der Waals surface area contributed by atoms with Crippen LogP contribution in [0.5, 0.6) is 0 Å². The van der Waals surface area contributed by atoms with Crippen LogP contribution in [-0.2, 0) is 0 Å². The first-order chi connectivity index (χ1) is 14.4. The molecule has 0 saturated heterocycles. The fourth-order valence-electron chi connectivity index (χ4n) is 3.40. The van der Waals surface area contributed by atoms with Crippen molar-refractivity contribution in [2.45, 2.75) is 27.7 Å². The van der Waals surface area contributed by atoms with E-state index in [0.717, 1.165) is 39.2 Å². The van der Waals surface area contributed by atoms with E-state index in [2.05, 4.69) is 41.4 Å². The minimum absolute atomic E-state index is 0.135. The van der Waals surface area contributed by atoms with Crippen LogP contribution in [-0.4, -0.2) is 20.7 Å². The first-order valence-corrected chi connectivity index (χ1v) is 9.91. The van der Waals surface area contributed by atoms with Crippen molar-refractivity contribution >= 4 is 11.6 Å². The quantitative estimate of drug-likeness (QED) is 0.501. The van der Waals surface area contributed by atoms with Crippen LogP contribution in [0.2, 0.25) is 0 Å². The van der Waals surface area contributed by atoms with Crippen molar-refractivity contribution < 1.29 is 4.79 Å². The molecular formula is C25H24N4O. The van der Waals surface area contributed by atoms with Gasteiger partial charge in [-0.05, 0) is 62.6 Å². The van der Waals surface area contributed by atoms with Gasteiger partial charge >= 0.3 is 0 Å². The number of hydrogen-bond acceptors (Lipinski definition) is 3. The molecule has 0 aliphatic heterocycles. The summed E-state index contributed by atoms with van der Waals surface area (Å²) in [6.45, 7) is 8.11. The summed E-state index contributed by atoms with van der Waals surface area (Å²) in [7, 11) is 0. The summed E-state index contributed by atoms with van der Waals surface area (Å²) >= 11 is 0. The number of carbonyl (C=O) groups is 1. The summed E-state index contributed by atoms with van der Waals surface area (Å²) in [6, 6.07) is 21.8. The molecule has 150 valence electrons. The van der Waals surface area contributed by atoms with Gasteiger partial charge in [-0.3, -0.25) is 4.79 Å². The highest BCUT2D eigenvalue weighted by atomic mass is 16.2. The predicted octanol–water partition coefficient (Wildman–Crippen LogP) is 5.42. The molecule has 0 radical (unpaired) electrons. The normalized spacial score (nSPS) is 10.8. The van der Waals surface area contributed by atoms with Gasteiger partial charge in [0.05, 0.1) is 5.69 Å². The zero-order valence-corrected chi connectivity index (χ0v) is 17.6. The van der Waals surface area contributed by atoms with Crippen LogP contribution in [0, 0.1) is 27.7 Å². The van der Waals surface area contributed by atoms with E-state index in [1.54, 1.807) is 4.68 Å². The number of para-hydroxylation sites is 1. The second kappa shape index (κ2) is 7.95.